The van der Waals surface area contributed by atoms with E-state index >= 15 is 0 Å². The van der Waals surface area contributed by atoms with Crippen LogP contribution in [0.15, 0.2) is 31.0 Å². The van der Waals surface area contributed by atoms with Gasteiger partial charge in [0.25, 0.3) is 0 Å². The molecule has 1 aliphatic heterocycles. The maximum atomic E-state index is 12.0. The van der Waals surface area contributed by atoms with E-state index in [-0.39, 0.29) is 18.1 Å². The Morgan fingerprint density at radius 1 is 1.68 bits per heavy atom. The zero-order chi connectivity index (χ0) is 15.8. The van der Waals surface area contributed by atoms with Crippen LogP contribution in [0.5, 0.6) is 0 Å². The highest BCUT2D eigenvalue weighted by atomic mass is 16.5. The fourth-order valence-corrected chi connectivity index (χ4v) is 2.32. The van der Waals surface area contributed by atoms with Gasteiger partial charge in [-0.05, 0) is 19.1 Å². The van der Waals surface area contributed by atoms with Crippen molar-refractivity contribution in [1.82, 2.24) is 20.4 Å². The molecule has 2 heterocycles. The Hall–Kier alpha value is -1.99. The van der Waals surface area contributed by atoms with Crippen molar-refractivity contribution in [1.29, 1.82) is 0 Å². The van der Waals surface area contributed by atoms with Gasteiger partial charge in [-0.2, -0.15) is 5.10 Å². The van der Waals surface area contributed by atoms with E-state index in [4.69, 9.17) is 4.74 Å². The van der Waals surface area contributed by atoms with Crippen LogP contribution in [0.3, 0.4) is 0 Å². The molecule has 2 atom stereocenters. The van der Waals surface area contributed by atoms with Crippen molar-refractivity contribution in [3.63, 3.8) is 0 Å². The second-order valence-corrected chi connectivity index (χ2v) is 5.19. The smallest absolute Gasteiger partial charge is 0.237 e. The number of nitrogens with zero attached hydrogens (tertiary/aromatic N) is 3. The highest BCUT2D eigenvalue weighted by Crippen LogP contribution is 2.10. The average Bonchev–Trinajstić information content (AvgIpc) is 2.58. The Morgan fingerprint density at radius 3 is 3.27 bits per heavy atom. The summed E-state index contributed by atoms with van der Waals surface area (Å²) >= 11 is 0. The lowest BCUT2D eigenvalue weighted by Gasteiger charge is -2.36. The van der Waals surface area contributed by atoms with Crippen molar-refractivity contribution in [2.75, 3.05) is 38.1 Å². The number of carbonyl (C=O) groups excluding carboxylic acids is 1. The molecule has 2 rings (SSSR count). The maximum Gasteiger partial charge on any atom is 0.237 e. The molecule has 0 bridgehead atoms. The minimum atomic E-state index is -0.178. The van der Waals surface area contributed by atoms with E-state index in [9.17, 15) is 4.79 Å². The molecule has 0 radical (unpaired) electrons. The van der Waals surface area contributed by atoms with Gasteiger partial charge in [0.05, 0.1) is 18.8 Å². The molecule has 1 aromatic heterocycles. The molecule has 7 heteroatoms. The largest absolute Gasteiger partial charge is 0.374 e. The topological polar surface area (TPSA) is 79.4 Å². The first kappa shape index (κ1) is 16.4. The van der Waals surface area contributed by atoms with Crippen molar-refractivity contribution in [3.05, 3.63) is 31.0 Å². The number of nitrogens with one attached hydrogen (secondary N) is 2. The third-order valence-electron chi connectivity index (χ3n) is 3.60. The first-order valence-corrected chi connectivity index (χ1v) is 7.46. The zero-order valence-electron chi connectivity index (χ0n) is 12.9. The summed E-state index contributed by atoms with van der Waals surface area (Å²) in [7, 11) is 0. The lowest BCUT2D eigenvalue weighted by Crippen LogP contribution is -2.53. The Morgan fingerprint density at radius 2 is 2.55 bits per heavy atom. The third kappa shape index (κ3) is 4.78. The third-order valence-corrected chi connectivity index (χ3v) is 3.60. The van der Waals surface area contributed by atoms with Crippen molar-refractivity contribution < 1.29 is 9.53 Å². The van der Waals surface area contributed by atoms with Gasteiger partial charge >= 0.3 is 0 Å². The molecule has 1 fully saturated rings. The van der Waals surface area contributed by atoms with Crippen molar-refractivity contribution in [2.24, 2.45) is 0 Å². The van der Waals surface area contributed by atoms with Gasteiger partial charge in [0.2, 0.25) is 5.91 Å². The second-order valence-electron chi connectivity index (χ2n) is 5.19. The van der Waals surface area contributed by atoms with Crippen LogP contribution in [-0.2, 0) is 9.53 Å². The zero-order valence-corrected chi connectivity index (χ0v) is 12.9. The van der Waals surface area contributed by atoms with Gasteiger partial charge in [-0.1, -0.05) is 6.08 Å². The number of carbonyl (C=O) groups is 1. The summed E-state index contributed by atoms with van der Waals surface area (Å²) in [4.78, 5) is 14.1. The summed E-state index contributed by atoms with van der Waals surface area (Å²) in [6, 6.07) is 3.51. The molecule has 0 unspecified atom stereocenters. The normalized spacial score (nSPS) is 20.1. The van der Waals surface area contributed by atoms with Crippen molar-refractivity contribution in [2.45, 2.75) is 19.1 Å². The van der Waals surface area contributed by atoms with Crippen LogP contribution < -0.4 is 10.6 Å². The molecule has 2 N–H and O–H groups in total. The monoisotopic (exact) mass is 305 g/mol. The number of hydrogen-bond donors (Lipinski definition) is 2. The molecule has 22 heavy (non-hydrogen) atoms. The highest BCUT2D eigenvalue weighted by molar-refractivity contribution is 5.81. The number of aromatic nitrogens is 2. The Labute approximate surface area is 130 Å². The summed E-state index contributed by atoms with van der Waals surface area (Å²) in [6.07, 6.45) is 3.33. The summed E-state index contributed by atoms with van der Waals surface area (Å²) in [6.45, 7) is 8.72. The average molecular weight is 305 g/mol. The molecular formula is C15H23N5O2. The predicted molar refractivity (Wildman–Crippen MR) is 84.5 cm³/mol. The number of anilines is 1. The Bertz CT molecular complexity index is 482. The summed E-state index contributed by atoms with van der Waals surface area (Å²) in [5.41, 5.74) is 0. The number of rotatable bonds is 7. The van der Waals surface area contributed by atoms with Gasteiger partial charge in [-0.25, -0.2) is 0 Å². The second kappa shape index (κ2) is 8.45. The summed E-state index contributed by atoms with van der Waals surface area (Å²) in [5, 5.41) is 13.8. The van der Waals surface area contributed by atoms with Gasteiger partial charge in [0.1, 0.15) is 5.82 Å². The van der Waals surface area contributed by atoms with Gasteiger partial charge < -0.3 is 15.4 Å². The van der Waals surface area contributed by atoms with Crippen molar-refractivity contribution >= 4 is 11.7 Å². The van der Waals surface area contributed by atoms with Crippen LogP contribution in [0.1, 0.15) is 6.92 Å². The van der Waals surface area contributed by atoms with Gasteiger partial charge in [0, 0.05) is 32.4 Å². The molecule has 0 aliphatic carbocycles. The molecule has 1 saturated heterocycles. The number of amides is 1. The van der Waals surface area contributed by atoms with Crippen LogP contribution in [0.4, 0.5) is 5.82 Å². The van der Waals surface area contributed by atoms with E-state index in [2.05, 4.69) is 32.3 Å². The maximum absolute atomic E-state index is 12.0. The number of morpholine rings is 1. The molecular weight excluding hydrogens is 282 g/mol. The molecule has 1 aliphatic rings. The van der Waals surface area contributed by atoms with Crippen LogP contribution in [0.2, 0.25) is 0 Å². The quantitative estimate of drug-likeness (QED) is 0.705. The van der Waals surface area contributed by atoms with E-state index in [1.54, 1.807) is 12.3 Å². The minimum absolute atomic E-state index is 0.0161. The molecule has 7 nitrogen and oxygen atoms in total. The van der Waals surface area contributed by atoms with Gasteiger partial charge in [-0.3, -0.25) is 9.69 Å². The fourth-order valence-electron chi connectivity index (χ4n) is 2.32. The molecule has 1 amide bonds. The molecule has 0 saturated carbocycles. The Kier molecular flexibility index (Phi) is 6.29. The fraction of sp³-hybridized carbons (Fsp3) is 0.533. The first-order valence-electron chi connectivity index (χ1n) is 7.46. The van der Waals surface area contributed by atoms with Gasteiger partial charge in [-0.15, -0.1) is 11.7 Å². The van der Waals surface area contributed by atoms with E-state index in [1.807, 2.05) is 19.1 Å². The van der Waals surface area contributed by atoms with Crippen LogP contribution in [0.25, 0.3) is 0 Å². The Balaban J connectivity index is 1.80. The number of ether oxygens (including phenoxy) is 1. The SMILES string of the molecule is C=CCNC(=O)[C@H](C)N1CCO[C@@H](CNc2cccnn2)C1. The highest BCUT2D eigenvalue weighted by Gasteiger charge is 2.27. The van der Waals surface area contributed by atoms with Crippen LogP contribution >= 0.6 is 0 Å². The van der Waals surface area contributed by atoms with E-state index in [0.717, 1.165) is 12.4 Å². The standard InChI is InChI=1S/C15H23N5O2/c1-3-6-16-15(21)12(2)20-8-9-22-13(11-20)10-17-14-5-4-7-18-19-14/h3-5,7,12-13H,1,6,8-11H2,2H3,(H,16,21)(H,17,19)/t12-,13-/m0/s1. The molecule has 0 spiro atoms. The molecule has 0 aromatic carbocycles. The van der Waals surface area contributed by atoms with Gasteiger partial charge in [0.15, 0.2) is 0 Å². The molecule has 120 valence electrons. The van der Waals surface area contributed by atoms with Crippen molar-refractivity contribution in [3.8, 4) is 0 Å². The summed E-state index contributed by atoms with van der Waals surface area (Å²) < 4.78 is 5.74. The minimum Gasteiger partial charge on any atom is -0.374 e. The first-order chi connectivity index (χ1) is 10.7. The predicted octanol–water partition coefficient (Wildman–Crippen LogP) is 0.280. The van der Waals surface area contributed by atoms with E-state index in [0.29, 0.717) is 26.2 Å². The lowest BCUT2D eigenvalue weighted by atomic mass is 10.2. The number of hydrogen-bond acceptors (Lipinski definition) is 6. The molecule has 1 aromatic rings. The lowest BCUT2D eigenvalue weighted by molar-refractivity contribution is -0.128. The van der Waals surface area contributed by atoms with Crippen LogP contribution in [0, 0.1) is 0 Å². The summed E-state index contributed by atoms with van der Waals surface area (Å²) in [5.74, 6) is 0.738. The van der Waals surface area contributed by atoms with Crippen LogP contribution in [-0.4, -0.2) is 65.9 Å². The van der Waals surface area contributed by atoms with E-state index < -0.39 is 0 Å². The van der Waals surface area contributed by atoms with E-state index in [1.165, 1.54) is 0 Å².